The summed E-state index contributed by atoms with van der Waals surface area (Å²) in [6.07, 6.45) is -2.33. The number of amides is 3. The molecular weight excluding hydrogens is 547 g/mol. The first-order valence-electron chi connectivity index (χ1n) is 11.2. The van der Waals surface area contributed by atoms with Crippen LogP contribution in [0.25, 0.3) is 0 Å². The molecular formula is C21H29N4O13P. The van der Waals surface area contributed by atoms with Gasteiger partial charge in [-0.3, -0.25) is 28.5 Å². The third-order valence-corrected chi connectivity index (χ3v) is 5.43. The van der Waals surface area contributed by atoms with Gasteiger partial charge >= 0.3 is 25.7 Å². The predicted octanol–water partition coefficient (Wildman–Crippen LogP) is -2.46. The van der Waals surface area contributed by atoms with Crippen LogP contribution in [0.3, 0.4) is 0 Å². The molecule has 0 saturated heterocycles. The van der Waals surface area contributed by atoms with Gasteiger partial charge in [0.1, 0.15) is 24.2 Å². The van der Waals surface area contributed by atoms with E-state index >= 15 is 0 Å². The van der Waals surface area contributed by atoms with Gasteiger partial charge in [0.05, 0.1) is 13.0 Å². The maximum atomic E-state index is 12.9. The number of hydrogen-bond donors (Lipinski definition) is 9. The van der Waals surface area contributed by atoms with Gasteiger partial charge in [0.2, 0.25) is 17.7 Å². The second kappa shape index (κ2) is 15.5. The molecule has 39 heavy (non-hydrogen) atoms. The summed E-state index contributed by atoms with van der Waals surface area (Å²) < 4.78 is 14.9. The molecule has 0 aliphatic carbocycles. The number of aliphatic carboxylic acids is 3. The van der Waals surface area contributed by atoms with Crippen LogP contribution in [0, 0.1) is 0 Å². The van der Waals surface area contributed by atoms with Crippen molar-refractivity contribution in [1.82, 2.24) is 16.0 Å². The first-order chi connectivity index (χ1) is 18.1. The third-order valence-electron chi connectivity index (χ3n) is 4.95. The molecule has 0 aromatic heterocycles. The van der Waals surface area contributed by atoms with Crippen LogP contribution in [0.4, 0.5) is 0 Å². The molecule has 216 valence electrons. The number of phosphoric acid groups is 1. The quantitative estimate of drug-likeness (QED) is 0.0870. The number of phosphoric ester groups is 1. The van der Waals surface area contributed by atoms with Crippen LogP contribution >= 0.6 is 7.82 Å². The fourth-order valence-corrected chi connectivity index (χ4v) is 3.40. The lowest BCUT2D eigenvalue weighted by atomic mass is 10.0. The van der Waals surface area contributed by atoms with Crippen molar-refractivity contribution >= 4 is 43.5 Å². The van der Waals surface area contributed by atoms with E-state index in [2.05, 4.69) is 15.2 Å². The number of nitrogens with one attached hydrogen (secondary N) is 3. The second-order valence-corrected chi connectivity index (χ2v) is 9.37. The lowest BCUT2D eigenvalue weighted by Crippen LogP contribution is -2.58. The summed E-state index contributed by atoms with van der Waals surface area (Å²) in [5, 5.41) is 33.9. The number of carbonyl (C=O) groups is 6. The summed E-state index contributed by atoms with van der Waals surface area (Å²) in [6, 6.07) is 1.50. The highest BCUT2D eigenvalue weighted by Gasteiger charge is 2.32. The molecule has 1 aromatic rings. The Morgan fingerprint density at radius 2 is 1.36 bits per heavy atom. The Morgan fingerprint density at radius 1 is 0.821 bits per heavy atom. The van der Waals surface area contributed by atoms with Crippen LogP contribution in [0.15, 0.2) is 30.3 Å². The third kappa shape index (κ3) is 13.5. The fraction of sp³-hybridized carbons (Fsp3) is 0.429. The molecule has 0 saturated carbocycles. The summed E-state index contributed by atoms with van der Waals surface area (Å²) in [5.74, 6) is -7.92. The maximum Gasteiger partial charge on any atom is 0.469 e. The van der Waals surface area contributed by atoms with Crippen molar-refractivity contribution in [3.05, 3.63) is 35.9 Å². The molecule has 0 aliphatic heterocycles. The number of carbonyl (C=O) groups excluding carboxylic acids is 3. The van der Waals surface area contributed by atoms with E-state index in [9.17, 15) is 38.4 Å². The molecule has 0 bridgehead atoms. The predicted molar refractivity (Wildman–Crippen MR) is 129 cm³/mol. The van der Waals surface area contributed by atoms with Crippen LogP contribution in [-0.4, -0.2) is 91.5 Å². The number of benzene rings is 1. The van der Waals surface area contributed by atoms with Crippen LogP contribution in [0.5, 0.6) is 0 Å². The van der Waals surface area contributed by atoms with Gasteiger partial charge in [0, 0.05) is 12.8 Å². The van der Waals surface area contributed by atoms with Gasteiger partial charge in [0.15, 0.2) is 0 Å². The van der Waals surface area contributed by atoms with E-state index in [4.69, 9.17) is 25.7 Å². The zero-order valence-corrected chi connectivity index (χ0v) is 21.2. The van der Waals surface area contributed by atoms with Crippen LogP contribution in [0.1, 0.15) is 24.8 Å². The van der Waals surface area contributed by atoms with Gasteiger partial charge in [-0.1, -0.05) is 30.3 Å². The smallest absolute Gasteiger partial charge is 0.469 e. The molecule has 3 amide bonds. The van der Waals surface area contributed by atoms with Crippen molar-refractivity contribution in [2.24, 2.45) is 5.73 Å². The Morgan fingerprint density at radius 3 is 1.87 bits per heavy atom. The first-order valence-corrected chi connectivity index (χ1v) is 12.7. The lowest BCUT2D eigenvalue weighted by Gasteiger charge is -2.24. The fourth-order valence-electron chi connectivity index (χ4n) is 3.05. The SMILES string of the molecule is N[C@@H](COP(=O)(O)O)C(=O)N[C@@H](CC(=O)O)C(=O)N[C@@H](CCC(=O)O)C(=O)N[C@@H](Cc1ccccc1)C(=O)O. The number of nitrogens with two attached hydrogens (primary N) is 1. The monoisotopic (exact) mass is 576 g/mol. The van der Waals surface area contributed by atoms with E-state index < -0.39 is 93.5 Å². The van der Waals surface area contributed by atoms with Gasteiger partial charge in [-0.05, 0) is 12.0 Å². The molecule has 1 rings (SSSR count). The van der Waals surface area contributed by atoms with Crippen LogP contribution in [0.2, 0.25) is 0 Å². The van der Waals surface area contributed by atoms with Crippen LogP contribution in [-0.2, 0) is 44.3 Å². The average molecular weight is 576 g/mol. The molecule has 0 unspecified atom stereocenters. The summed E-state index contributed by atoms with van der Waals surface area (Å²) >= 11 is 0. The Labute approximate surface area is 220 Å². The minimum absolute atomic E-state index is 0.145. The van der Waals surface area contributed by atoms with Crippen molar-refractivity contribution in [2.45, 2.75) is 49.9 Å². The Bertz CT molecular complexity index is 1090. The van der Waals surface area contributed by atoms with Gasteiger partial charge < -0.3 is 46.8 Å². The molecule has 0 spiro atoms. The van der Waals surface area contributed by atoms with Gasteiger partial charge in [-0.2, -0.15) is 0 Å². The summed E-state index contributed by atoms with van der Waals surface area (Å²) in [4.78, 5) is 89.3. The van der Waals surface area contributed by atoms with Crippen LogP contribution < -0.4 is 21.7 Å². The highest BCUT2D eigenvalue weighted by molar-refractivity contribution is 7.46. The largest absolute Gasteiger partial charge is 0.481 e. The minimum atomic E-state index is -4.99. The molecule has 0 heterocycles. The molecule has 17 nitrogen and oxygen atoms in total. The van der Waals surface area contributed by atoms with Crippen molar-refractivity contribution in [3.63, 3.8) is 0 Å². The van der Waals surface area contributed by atoms with Crippen molar-refractivity contribution < 1.29 is 63.0 Å². The van der Waals surface area contributed by atoms with E-state index in [-0.39, 0.29) is 6.42 Å². The van der Waals surface area contributed by atoms with Gasteiger partial charge in [0.25, 0.3) is 0 Å². The summed E-state index contributed by atoms with van der Waals surface area (Å²) in [5.41, 5.74) is 5.99. The molecule has 0 aliphatic rings. The molecule has 1 aromatic carbocycles. The summed E-state index contributed by atoms with van der Waals surface area (Å²) in [7, 11) is -4.99. The van der Waals surface area contributed by atoms with Crippen molar-refractivity contribution in [2.75, 3.05) is 6.61 Å². The molecule has 4 atom stereocenters. The van der Waals surface area contributed by atoms with E-state index in [1.54, 1.807) is 30.3 Å². The molecule has 0 fully saturated rings. The van der Waals surface area contributed by atoms with Gasteiger partial charge in [-0.15, -0.1) is 0 Å². The zero-order valence-electron chi connectivity index (χ0n) is 20.3. The van der Waals surface area contributed by atoms with Gasteiger partial charge in [-0.25, -0.2) is 9.36 Å². The first kappa shape index (κ1) is 33.1. The Hall–Kier alpha value is -3.89. The topological polar surface area (TPSA) is 292 Å². The van der Waals surface area contributed by atoms with E-state index in [0.717, 1.165) is 0 Å². The Kier molecular flexibility index (Phi) is 13.2. The second-order valence-electron chi connectivity index (χ2n) is 8.13. The zero-order chi connectivity index (χ0) is 29.8. The van der Waals surface area contributed by atoms with E-state index in [1.165, 1.54) is 0 Å². The lowest BCUT2D eigenvalue weighted by molar-refractivity contribution is -0.143. The standard InChI is InChI=1S/C21H29N4O13P/c22-12(10-38-39(35,36)37)18(30)24-14(9-17(28)29)20(32)23-13(6-7-16(26)27)19(31)25-15(21(33)34)8-11-4-2-1-3-5-11/h1-5,12-15H,6-10,22H2,(H,23,32)(H,24,30)(H,25,31)(H,26,27)(H,28,29)(H,33,34)(H2,35,36,37)/t12-,13-,14-,15-/m0/s1. The maximum absolute atomic E-state index is 12.9. The average Bonchev–Trinajstić information content (AvgIpc) is 2.83. The van der Waals surface area contributed by atoms with Crippen molar-refractivity contribution in [3.8, 4) is 0 Å². The number of carboxylic acids is 3. The highest BCUT2D eigenvalue weighted by atomic mass is 31.2. The highest BCUT2D eigenvalue weighted by Crippen LogP contribution is 2.35. The minimum Gasteiger partial charge on any atom is -0.481 e. The van der Waals surface area contributed by atoms with E-state index in [1.807, 2.05) is 5.32 Å². The normalized spacial score (nSPS) is 14.2. The number of carboxylic acid groups (broad SMARTS) is 3. The van der Waals surface area contributed by atoms with Crippen molar-refractivity contribution in [1.29, 1.82) is 0 Å². The molecule has 10 N–H and O–H groups in total. The number of hydrogen-bond acceptors (Lipinski definition) is 9. The van der Waals surface area contributed by atoms with E-state index in [0.29, 0.717) is 5.56 Å². The Balaban J connectivity index is 3.03. The summed E-state index contributed by atoms with van der Waals surface area (Å²) in [6.45, 7) is -0.987. The molecule has 0 radical (unpaired) electrons. The molecule has 18 heteroatoms. The number of rotatable bonds is 17.